The summed E-state index contributed by atoms with van der Waals surface area (Å²) in [5, 5.41) is 21.0. The molecule has 0 fully saturated rings. The molecule has 0 saturated heterocycles. The topological polar surface area (TPSA) is 63.8 Å². The van der Waals surface area contributed by atoms with E-state index in [4.69, 9.17) is 11.6 Å². The van der Waals surface area contributed by atoms with Gasteiger partial charge in [-0.25, -0.2) is 0 Å². The zero-order valence-electron chi connectivity index (χ0n) is 9.08. The Labute approximate surface area is 98.4 Å². The molecule has 0 aliphatic heterocycles. The van der Waals surface area contributed by atoms with Gasteiger partial charge < -0.3 is 5.11 Å². The Morgan fingerprint density at radius 3 is 2.94 bits per heavy atom. The molecule has 1 aromatic rings. The summed E-state index contributed by atoms with van der Waals surface area (Å²) in [6.07, 6.45) is 4.98. The lowest BCUT2D eigenvalue weighted by Crippen LogP contribution is -2.19. The Bertz CT molecular complexity index is 438. The molecule has 3 atom stereocenters. The molecule has 5 nitrogen and oxygen atoms in total. The summed E-state index contributed by atoms with van der Waals surface area (Å²) < 4.78 is 0. The molecule has 0 radical (unpaired) electrons. The lowest BCUT2D eigenvalue weighted by Gasteiger charge is -2.19. The molecular weight excluding hydrogens is 228 g/mol. The lowest BCUT2D eigenvalue weighted by atomic mass is 9.99. The summed E-state index contributed by atoms with van der Waals surface area (Å²) in [4.78, 5) is 1.42. The lowest BCUT2D eigenvalue weighted by molar-refractivity contribution is 0.188. The zero-order chi connectivity index (χ0) is 11.7. The third-order valence-electron chi connectivity index (χ3n) is 2.54. The summed E-state index contributed by atoms with van der Waals surface area (Å²) in [7, 11) is 0. The fourth-order valence-corrected chi connectivity index (χ4v) is 1.71. The molecule has 0 spiro atoms. The number of rotatable bonds is 2. The van der Waals surface area contributed by atoms with E-state index < -0.39 is 6.10 Å². The van der Waals surface area contributed by atoms with Gasteiger partial charge in [0.15, 0.2) is 0 Å². The summed E-state index contributed by atoms with van der Waals surface area (Å²) in [6, 6.07) is 0. The van der Waals surface area contributed by atoms with Crippen molar-refractivity contribution >= 4 is 17.3 Å². The highest BCUT2D eigenvalue weighted by Crippen LogP contribution is 2.27. The SMILES string of the molecule is CC(O)c1nnn(C2=CC=CC(Cl)[C@H]2C)n1. The van der Waals surface area contributed by atoms with Crippen LogP contribution in [0, 0.1) is 5.92 Å². The van der Waals surface area contributed by atoms with Crippen LogP contribution in [0.5, 0.6) is 0 Å². The first-order valence-corrected chi connectivity index (χ1v) is 5.54. The predicted octanol–water partition coefficient (Wildman–Crippen LogP) is 1.38. The molecule has 1 N–H and O–H groups in total. The Morgan fingerprint density at radius 1 is 1.56 bits per heavy atom. The van der Waals surface area contributed by atoms with E-state index in [1.54, 1.807) is 6.92 Å². The highest BCUT2D eigenvalue weighted by molar-refractivity contribution is 6.22. The third kappa shape index (κ3) is 2.01. The predicted molar refractivity (Wildman–Crippen MR) is 60.7 cm³/mol. The van der Waals surface area contributed by atoms with Gasteiger partial charge >= 0.3 is 0 Å². The second-order valence-electron chi connectivity index (χ2n) is 3.82. The number of tetrazole rings is 1. The van der Waals surface area contributed by atoms with E-state index in [1.165, 1.54) is 4.80 Å². The maximum atomic E-state index is 9.32. The molecule has 1 aromatic heterocycles. The van der Waals surface area contributed by atoms with E-state index in [1.807, 2.05) is 25.2 Å². The molecule has 0 aromatic carbocycles. The summed E-state index contributed by atoms with van der Waals surface area (Å²) in [5.41, 5.74) is 0.877. The smallest absolute Gasteiger partial charge is 0.203 e. The minimum Gasteiger partial charge on any atom is -0.385 e. The monoisotopic (exact) mass is 240 g/mol. The van der Waals surface area contributed by atoms with Crippen LogP contribution in [0.1, 0.15) is 25.8 Å². The first-order chi connectivity index (χ1) is 7.59. The van der Waals surface area contributed by atoms with Crippen LogP contribution in [0.25, 0.3) is 5.70 Å². The van der Waals surface area contributed by atoms with Crippen molar-refractivity contribution in [3.63, 3.8) is 0 Å². The Balaban J connectivity index is 2.30. The van der Waals surface area contributed by atoms with Crippen molar-refractivity contribution < 1.29 is 5.11 Å². The Kier molecular flexibility index (Phi) is 3.07. The van der Waals surface area contributed by atoms with E-state index in [-0.39, 0.29) is 11.3 Å². The van der Waals surface area contributed by atoms with E-state index in [9.17, 15) is 5.11 Å². The second-order valence-corrected chi connectivity index (χ2v) is 4.33. The van der Waals surface area contributed by atoms with Gasteiger partial charge in [-0.3, -0.25) is 0 Å². The normalized spacial score (nSPS) is 26.6. The fraction of sp³-hybridized carbons (Fsp3) is 0.500. The first kappa shape index (κ1) is 11.3. The number of hydrogen-bond acceptors (Lipinski definition) is 4. The van der Waals surface area contributed by atoms with Crippen molar-refractivity contribution in [3.8, 4) is 0 Å². The van der Waals surface area contributed by atoms with Crippen LogP contribution < -0.4 is 0 Å². The highest BCUT2D eigenvalue weighted by atomic mass is 35.5. The van der Waals surface area contributed by atoms with Crippen LogP contribution in [-0.2, 0) is 0 Å². The molecule has 0 bridgehead atoms. The maximum Gasteiger partial charge on any atom is 0.203 e. The van der Waals surface area contributed by atoms with Crippen molar-refractivity contribution in [1.29, 1.82) is 0 Å². The summed E-state index contributed by atoms with van der Waals surface area (Å²) in [5.74, 6) is 0.427. The number of aromatic nitrogens is 4. The molecule has 2 unspecified atom stereocenters. The van der Waals surface area contributed by atoms with Gasteiger partial charge in [0.05, 0.1) is 11.1 Å². The molecule has 0 saturated carbocycles. The minimum atomic E-state index is -0.712. The minimum absolute atomic E-state index is 0.0685. The Morgan fingerprint density at radius 2 is 2.31 bits per heavy atom. The van der Waals surface area contributed by atoms with Crippen LogP contribution >= 0.6 is 11.6 Å². The van der Waals surface area contributed by atoms with Gasteiger partial charge in [0.1, 0.15) is 6.10 Å². The molecule has 1 heterocycles. The Hall–Kier alpha value is -1.20. The zero-order valence-corrected chi connectivity index (χ0v) is 9.83. The standard InChI is InChI=1S/C10H13ClN4O/c1-6-8(11)4-3-5-9(6)15-13-10(7(2)16)12-14-15/h3-8,16H,1-2H3/t6-,7?,8?/m1/s1. The molecule has 1 aliphatic rings. The van der Waals surface area contributed by atoms with Crippen LogP contribution in [0.4, 0.5) is 0 Å². The van der Waals surface area contributed by atoms with Gasteiger partial charge in [-0.05, 0) is 18.2 Å². The van der Waals surface area contributed by atoms with Crippen molar-refractivity contribution in [2.45, 2.75) is 25.3 Å². The van der Waals surface area contributed by atoms with Crippen molar-refractivity contribution in [2.24, 2.45) is 5.92 Å². The van der Waals surface area contributed by atoms with Crippen molar-refractivity contribution in [2.75, 3.05) is 0 Å². The van der Waals surface area contributed by atoms with Gasteiger partial charge in [0, 0.05) is 5.92 Å². The van der Waals surface area contributed by atoms with Crippen LogP contribution in [-0.4, -0.2) is 30.7 Å². The first-order valence-electron chi connectivity index (χ1n) is 5.10. The molecule has 6 heteroatoms. The molecule has 0 amide bonds. The van der Waals surface area contributed by atoms with Crippen LogP contribution in [0.2, 0.25) is 0 Å². The van der Waals surface area contributed by atoms with E-state index in [0.29, 0.717) is 5.82 Å². The molecule has 16 heavy (non-hydrogen) atoms. The quantitative estimate of drug-likeness (QED) is 0.794. The number of alkyl halides is 1. The second kappa shape index (κ2) is 4.35. The van der Waals surface area contributed by atoms with Gasteiger partial charge in [0.2, 0.25) is 5.82 Å². The number of aliphatic hydroxyl groups excluding tert-OH is 1. The summed E-state index contributed by atoms with van der Waals surface area (Å²) >= 11 is 6.11. The maximum absolute atomic E-state index is 9.32. The number of aliphatic hydroxyl groups is 1. The van der Waals surface area contributed by atoms with Crippen molar-refractivity contribution in [1.82, 2.24) is 20.2 Å². The number of allylic oxidation sites excluding steroid dienone is 4. The summed E-state index contributed by atoms with van der Waals surface area (Å²) in [6.45, 7) is 3.60. The number of halogens is 1. The van der Waals surface area contributed by atoms with E-state index >= 15 is 0 Å². The van der Waals surface area contributed by atoms with Gasteiger partial charge in [0.25, 0.3) is 0 Å². The number of hydrogen-bond donors (Lipinski definition) is 1. The largest absolute Gasteiger partial charge is 0.385 e. The highest BCUT2D eigenvalue weighted by Gasteiger charge is 2.22. The van der Waals surface area contributed by atoms with Gasteiger partial charge in [-0.2, -0.15) is 0 Å². The van der Waals surface area contributed by atoms with Crippen molar-refractivity contribution in [3.05, 3.63) is 24.1 Å². The molecular formula is C10H13ClN4O. The van der Waals surface area contributed by atoms with Gasteiger partial charge in [-0.1, -0.05) is 19.1 Å². The third-order valence-corrected chi connectivity index (χ3v) is 3.06. The number of nitrogens with zero attached hydrogens (tertiary/aromatic N) is 4. The van der Waals surface area contributed by atoms with Crippen LogP contribution in [0.3, 0.4) is 0 Å². The van der Waals surface area contributed by atoms with Gasteiger partial charge in [-0.15, -0.1) is 26.6 Å². The molecule has 2 rings (SSSR count). The fourth-order valence-electron chi connectivity index (χ4n) is 1.49. The van der Waals surface area contributed by atoms with E-state index in [0.717, 1.165) is 5.70 Å². The van der Waals surface area contributed by atoms with E-state index in [2.05, 4.69) is 15.4 Å². The molecule has 86 valence electrons. The average Bonchev–Trinajstić information content (AvgIpc) is 2.71. The molecule has 1 aliphatic carbocycles. The average molecular weight is 241 g/mol. The van der Waals surface area contributed by atoms with Crippen LogP contribution in [0.15, 0.2) is 18.2 Å².